The number of carbonyl (C=O) groups is 1. The molecule has 0 saturated carbocycles. The average molecular weight is 159 g/mol. The molecule has 11 heavy (non-hydrogen) atoms. The van der Waals surface area contributed by atoms with Gasteiger partial charge in [-0.1, -0.05) is 12.2 Å². The van der Waals surface area contributed by atoms with Crippen molar-refractivity contribution in [3.8, 4) is 0 Å². The lowest BCUT2D eigenvalue weighted by atomic mass is 10.3. The molecule has 0 aromatic carbocycles. The van der Waals surface area contributed by atoms with Crippen molar-refractivity contribution in [3.05, 3.63) is 12.2 Å². The molecule has 0 aliphatic rings. The van der Waals surface area contributed by atoms with Crippen LogP contribution in [0.1, 0.15) is 6.92 Å². The Kier molecular flexibility index (Phi) is 5.20. The first-order chi connectivity index (χ1) is 5.20. The minimum absolute atomic E-state index is 0.178. The molecule has 0 aromatic rings. The van der Waals surface area contributed by atoms with Crippen molar-refractivity contribution >= 4 is 6.09 Å². The molecule has 0 aliphatic carbocycles. The van der Waals surface area contributed by atoms with Crippen molar-refractivity contribution in [2.24, 2.45) is 0 Å². The third kappa shape index (κ3) is 5.42. The quantitative estimate of drug-likeness (QED) is 0.581. The lowest BCUT2D eigenvalue weighted by Gasteiger charge is -2.05. The van der Waals surface area contributed by atoms with E-state index >= 15 is 0 Å². The minimum atomic E-state index is -0.640. The minimum Gasteiger partial charge on any atom is -0.453 e. The van der Waals surface area contributed by atoms with Crippen molar-refractivity contribution in [3.63, 3.8) is 0 Å². The van der Waals surface area contributed by atoms with Crippen molar-refractivity contribution in [1.82, 2.24) is 5.32 Å². The van der Waals surface area contributed by atoms with Gasteiger partial charge in [0, 0.05) is 0 Å². The van der Waals surface area contributed by atoms with E-state index in [2.05, 4.69) is 10.1 Å². The summed E-state index contributed by atoms with van der Waals surface area (Å²) in [6.07, 6.45) is 2.12. The summed E-state index contributed by atoms with van der Waals surface area (Å²) >= 11 is 0. The van der Waals surface area contributed by atoms with Gasteiger partial charge in [-0.05, 0) is 6.92 Å². The maximum atomic E-state index is 10.5. The molecule has 0 spiro atoms. The monoisotopic (exact) mass is 159 g/mol. The standard InChI is InChI=1S/C7H13NO3/c1-3-4-6(9)5-8-7(10)11-2/h3-4,6,9H,5H2,1-2H3,(H,8,10)/b4-3+. The van der Waals surface area contributed by atoms with Gasteiger partial charge in [0.25, 0.3) is 0 Å². The largest absolute Gasteiger partial charge is 0.453 e. The first kappa shape index (κ1) is 9.97. The smallest absolute Gasteiger partial charge is 0.406 e. The number of carbonyl (C=O) groups excluding carboxylic acids is 1. The molecule has 0 aliphatic heterocycles. The third-order valence-corrected chi connectivity index (χ3v) is 1.06. The van der Waals surface area contributed by atoms with Gasteiger partial charge in [0.05, 0.1) is 19.8 Å². The highest BCUT2D eigenvalue weighted by Crippen LogP contribution is 1.83. The van der Waals surface area contributed by atoms with E-state index in [4.69, 9.17) is 5.11 Å². The van der Waals surface area contributed by atoms with Gasteiger partial charge in [-0.3, -0.25) is 0 Å². The second-order valence-electron chi connectivity index (χ2n) is 1.97. The molecule has 4 nitrogen and oxygen atoms in total. The van der Waals surface area contributed by atoms with Crippen LogP contribution in [0.5, 0.6) is 0 Å². The van der Waals surface area contributed by atoms with Crippen molar-refractivity contribution in [2.75, 3.05) is 13.7 Å². The summed E-state index contributed by atoms with van der Waals surface area (Å²) in [5, 5.41) is 11.4. The van der Waals surface area contributed by atoms with Gasteiger partial charge < -0.3 is 15.2 Å². The van der Waals surface area contributed by atoms with Crippen molar-refractivity contribution in [2.45, 2.75) is 13.0 Å². The summed E-state index contributed by atoms with van der Waals surface area (Å²) in [6.45, 7) is 1.97. The zero-order valence-corrected chi connectivity index (χ0v) is 6.70. The van der Waals surface area contributed by atoms with Crippen molar-refractivity contribution in [1.29, 1.82) is 0 Å². The number of hydrogen-bond donors (Lipinski definition) is 2. The maximum absolute atomic E-state index is 10.5. The van der Waals surface area contributed by atoms with Crippen LogP contribution >= 0.6 is 0 Å². The van der Waals surface area contributed by atoms with Gasteiger partial charge >= 0.3 is 6.09 Å². The zero-order valence-electron chi connectivity index (χ0n) is 6.70. The highest BCUT2D eigenvalue weighted by atomic mass is 16.5. The summed E-state index contributed by atoms with van der Waals surface area (Å²) in [5.74, 6) is 0. The Morgan fingerprint density at radius 3 is 2.91 bits per heavy atom. The summed E-state index contributed by atoms with van der Waals surface area (Å²) in [4.78, 5) is 10.5. The Morgan fingerprint density at radius 2 is 2.45 bits per heavy atom. The van der Waals surface area contributed by atoms with Crippen LogP contribution in [0.15, 0.2) is 12.2 Å². The van der Waals surface area contributed by atoms with Gasteiger partial charge in [-0.2, -0.15) is 0 Å². The molecule has 1 atom stereocenters. The first-order valence-electron chi connectivity index (χ1n) is 3.33. The molecule has 0 aromatic heterocycles. The van der Waals surface area contributed by atoms with E-state index in [9.17, 15) is 4.79 Å². The molecule has 0 radical (unpaired) electrons. The normalized spacial score (nSPS) is 13.0. The van der Waals surface area contributed by atoms with E-state index in [1.54, 1.807) is 19.1 Å². The van der Waals surface area contributed by atoms with Crippen LogP contribution in [-0.2, 0) is 4.74 Å². The molecule has 2 N–H and O–H groups in total. The molecule has 4 heteroatoms. The average Bonchev–Trinajstić information content (AvgIpc) is 2.01. The highest BCUT2D eigenvalue weighted by Gasteiger charge is 2.01. The second kappa shape index (κ2) is 5.73. The molecule has 0 heterocycles. The molecule has 0 fully saturated rings. The van der Waals surface area contributed by atoms with Crippen LogP contribution in [0.3, 0.4) is 0 Å². The van der Waals surface area contributed by atoms with Crippen LogP contribution in [0.25, 0.3) is 0 Å². The van der Waals surface area contributed by atoms with E-state index in [-0.39, 0.29) is 6.54 Å². The maximum Gasteiger partial charge on any atom is 0.406 e. The molecule has 0 rings (SSSR count). The third-order valence-electron chi connectivity index (χ3n) is 1.06. The predicted octanol–water partition coefficient (Wildman–Crippen LogP) is 0.279. The fourth-order valence-corrected chi connectivity index (χ4v) is 0.550. The summed E-state index contributed by atoms with van der Waals surface area (Å²) in [7, 11) is 1.28. The van der Waals surface area contributed by atoms with Crippen LogP contribution in [0.2, 0.25) is 0 Å². The molecular formula is C7H13NO3. The zero-order chi connectivity index (χ0) is 8.69. The number of allylic oxidation sites excluding steroid dienone is 1. The Morgan fingerprint density at radius 1 is 1.82 bits per heavy atom. The number of nitrogens with one attached hydrogen (secondary N) is 1. The number of amides is 1. The molecule has 0 bridgehead atoms. The van der Waals surface area contributed by atoms with Gasteiger partial charge in [0.2, 0.25) is 0 Å². The van der Waals surface area contributed by atoms with Gasteiger partial charge in [0.15, 0.2) is 0 Å². The molecule has 1 amide bonds. The van der Waals surface area contributed by atoms with Crippen LogP contribution in [0, 0.1) is 0 Å². The Bertz CT molecular complexity index is 145. The molecule has 0 saturated heterocycles. The SMILES string of the molecule is C/C=C/C(O)CNC(=O)OC. The number of alkyl carbamates (subject to hydrolysis) is 1. The molecular weight excluding hydrogens is 146 g/mol. The number of hydrogen-bond acceptors (Lipinski definition) is 3. The topological polar surface area (TPSA) is 58.6 Å². The summed E-state index contributed by atoms with van der Waals surface area (Å²) < 4.78 is 4.29. The van der Waals surface area contributed by atoms with Crippen LogP contribution in [0.4, 0.5) is 4.79 Å². The van der Waals surface area contributed by atoms with Crippen LogP contribution < -0.4 is 5.32 Å². The number of aliphatic hydroxyl groups excluding tert-OH is 1. The number of aliphatic hydroxyl groups is 1. The van der Waals surface area contributed by atoms with Gasteiger partial charge in [-0.25, -0.2) is 4.79 Å². The number of methoxy groups -OCH3 is 1. The first-order valence-corrected chi connectivity index (χ1v) is 3.33. The van der Waals surface area contributed by atoms with Crippen molar-refractivity contribution < 1.29 is 14.6 Å². The number of ether oxygens (including phenoxy) is 1. The van der Waals surface area contributed by atoms with E-state index in [0.717, 1.165) is 0 Å². The van der Waals surface area contributed by atoms with E-state index < -0.39 is 12.2 Å². The lowest BCUT2D eigenvalue weighted by molar-refractivity contribution is 0.160. The Balaban J connectivity index is 3.45. The van der Waals surface area contributed by atoms with E-state index in [1.165, 1.54) is 7.11 Å². The number of rotatable bonds is 3. The molecule has 64 valence electrons. The second-order valence-corrected chi connectivity index (χ2v) is 1.97. The summed E-state index contributed by atoms with van der Waals surface area (Å²) in [5.41, 5.74) is 0. The van der Waals surface area contributed by atoms with Gasteiger partial charge in [-0.15, -0.1) is 0 Å². The Hall–Kier alpha value is -1.03. The van der Waals surface area contributed by atoms with Crippen LogP contribution in [-0.4, -0.2) is 31.0 Å². The molecule has 1 unspecified atom stereocenters. The lowest BCUT2D eigenvalue weighted by Crippen LogP contribution is -2.30. The highest BCUT2D eigenvalue weighted by molar-refractivity contribution is 5.66. The van der Waals surface area contributed by atoms with E-state index in [1.807, 2.05) is 0 Å². The summed E-state index contributed by atoms with van der Waals surface area (Å²) in [6, 6.07) is 0. The fraction of sp³-hybridized carbons (Fsp3) is 0.571. The van der Waals surface area contributed by atoms with Gasteiger partial charge in [0.1, 0.15) is 0 Å². The van der Waals surface area contributed by atoms with E-state index in [0.29, 0.717) is 0 Å². The Labute approximate surface area is 65.9 Å². The predicted molar refractivity (Wildman–Crippen MR) is 41.2 cm³/mol. The fourth-order valence-electron chi connectivity index (χ4n) is 0.550.